The van der Waals surface area contributed by atoms with E-state index < -0.39 is 0 Å². The number of methoxy groups -OCH3 is 1. The summed E-state index contributed by atoms with van der Waals surface area (Å²) in [6.07, 6.45) is 3.73. The molecule has 0 spiro atoms. The van der Waals surface area contributed by atoms with Crippen LogP contribution in [-0.2, 0) is 0 Å². The van der Waals surface area contributed by atoms with Crippen LogP contribution in [0.3, 0.4) is 0 Å². The van der Waals surface area contributed by atoms with Crippen molar-refractivity contribution in [2.45, 2.75) is 0 Å². The van der Waals surface area contributed by atoms with Gasteiger partial charge in [-0.25, -0.2) is 9.50 Å². The predicted molar refractivity (Wildman–Crippen MR) is 94.7 cm³/mol. The number of fused-ring (bicyclic) bond motifs is 1. The summed E-state index contributed by atoms with van der Waals surface area (Å²) in [7, 11) is 1.66. The van der Waals surface area contributed by atoms with Crippen molar-refractivity contribution in [1.82, 2.24) is 14.6 Å². The number of benzene rings is 2. The van der Waals surface area contributed by atoms with E-state index in [1.807, 2.05) is 73.1 Å². The van der Waals surface area contributed by atoms with Crippen molar-refractivity contribution in [3.05, 3.63) is 73.1 Å². The fourth-order valence-corrected chi connectivity index (χ4v) is 2.58. The fraction of sp³-hybridized carbons (Fsp3) is 0.0526. The van der Waals surface area contributed by atoms with Crippen molar-refractivity contribution >= 4 is 17.2 Å². The molecular weight excluding hydrogens is 300 g/mol. The maximum atomic E-state index is 5.21. The molecule has 0 unspecified atom stereocenters. The highest BCUT2D eigenvalue weighted by Crippen LogP contribution is 2.26. The van der Waals surface area contributed by atoms with E-state index in [2.05, 4.69) is 10.4 Å². The molecule has 4 aromatic rings. The van der Waals surface area contributed by atoms with Gasteiger partial charge in [0.05, 0.1) is 13.3 Å². The number of para-hydroxylation sites is 1. The minimum atomic E-state index is 0.781. The van der Waals surface area contributed by atoms with Crippen LogP contribution in [0.2, 0.25) is 0 Å². The number of rotatable bonds is 4. The van der Waals surface area contributed by atoms with Crippen LogP contribution >= 0.6 is 0 Å². The molecule has 0 saturated heterocycles. The highest BCUT2D eigenvalue weighted by molar-refractivity contribution is 5.78. The third kappa shape index (κ3) is 2.67. The molecule has 0 aliphatic carbocycles. The van der Waals surface area contributed by atoms with Gasteiger partial charge >= 0.3 is 0 Å². The Bertz CT molecular complexity index is 962. The van der Waals surface area contributed by atoms with Crippen molar-refractivity contribution in [3.63, 3.8) is 0 Å². The molecule has 0 aliphatic rings. The molecule has 2 aromatic heterocycles. The Morgan fingerprint density at radius 3 is 2.50 bits per heavy atom. The van der Waals surface area contributed by atoms with Crippen LogP contribution in [0.4, 0.5) is 11.5 Å². The fourth-order valence-electron chi connectivity index (χ4n) is 2.58. The van der Waals surface area contributed by atoms with Gasteiger partial charge in [-0.3, -0.25) is 0 Å². The summed E-state index contributed by atoms with van der Waals surface area (Å²) in [6, 6.07) is 19.8. The number of nitrogens with one attached hydrogen (secondary N) is 1. The topological polar surface area (TPSA) is 51.5 Å². The van der Waals surface area contributed by atoms with Gasteiger partial charge in [-0.1, -0.05) is 30.3 Å². The molecule has 118 valence electrons. The number of aromatic nitrogens is 3. The quantitative estimate of drug-likeness (QED) is 0.614. The Labute approximate surface area is 139 Å². The molecule has 0 aliphatic heterocycles. The van der Waals surface area contributed by atoms with Crippen molar-refractivity contribution in [1.29, 1.82) is 0 Å². The number of nitrogens with zero attached hydrogens (tertiary/aromatic N) is 3. The summed E-state index contributed by atoms with van der Waals surface area (Å²) >= 11 is 0. The molecule has 0 bridgehead atoms. The van der Waals surface area contributed by atoms with Crippen LogP contribution in [0, 0.1) is 0 Å². The van der Waals surface area contributed by atoms with Gasteiger partial charge in [-0.15, -0.1) is 0 Å². The lowest BCUT2D eigenvalue weighted by atomic mass is 10.1. The van der Waals surface area contributed by atoms with Crippen LogP contribution in [0.25, 0.3) is 16.8 Å². The van der Waals surface area contributed by atoms with Gasteiger partial charge in [0.2, 0.25) is 0 Å². The first-order valence-electron chi connectivity index (χ1n) is 7.64. The van der Waals surface area contributed by atoms with Crippen LogP contribution in [0.1, 0.15) is 0 Å². The average molecular weight is 316 g/mol. The maximum absolute atomic E-state index is 5.21. The summed E-state index contributed by atoms with van der Waals surface area (Å²) in [6.45, 7) is 0. The lowest BCUT2D eigenvalue weighted by Gasteiger charge is -2.06. The zero-order valence-corrected chi connectivity index (χ0v) is 13.2. The zero-order valence-electron chi connectivity index (χ0n) is 13.2. The summed E-state index contributed by atoms with van der Waals surface area (Å²) in [4.78, 5) is 4.71. The molecule has 0 fully saturated rings. The molecule has 0 amide bonds. The first-order chi connectivity index (χ1) is 11.8. The van der Waals surface area contributed by atoms with Gasteiger partial charge in [0.25, 0.3) is 0 Å². The standard InChI is InChI=1S/C19H16N4O/c1-24-16-9-7-14(8-10-16)17-13-20-23-12-11-18(22-19(17)23)21-15-5-3-2-4-6-15/h2-13H,1H3,(H,21,22). The van der Waals surface area contributed by atoms with Crippen molar-refractivity contribution < 1.29 is 4.74 Å². The average Bonchev–Trinajstić information content (AvgIpc) is 3.06. The maximum Gasteiger partial charge on any atom is 0.165 e. The molecule has 5 heteroatoms. The molecule has 2 aromatic carbocycles. The van der Waals surface area contributed by atoms with Crippen LogP contribution in [0.15, 0.2) is 73.1 Å². The van der Waals surface area contributed by atoms with E-state index in [9.17, 15) is 0 Å². The minimum Gasteiger partial charge on any atom is -0.497 e. The van der Waals surface area contributed by atoms with Gasteiger partial charge < -0.3 is 10.1 Å². The van der Waals surface area contributed by atoms with Crippen LogP contribution in [-0.4, -0.2) is 21.7 Å². The molecule has 4 rings (SSSR count). The van der Waals surface area contributed by atoms with E-state index in [-0.39, 0.29) is 0 Å². The first kappa shape index (κ1) is 14.3. The Balaban J connectivity index is 1.72. The Hall–Kier alpha value is -3.34. The SMILES string of the molecule is COc1ccc(-c2cnn3ccc(Nc4ccccc4)nc23)cc1. The second kappa shape index (κ2) is 6.04. The van der Waals surface area contributed by atoms with E-state index in [1.54, 1.807) is 11.6 Å². The van der Waals surface area contributed by atoms with E-state index in [0.717, 1.165) is 34.0 Å². The van der Waals surface area contributed by atoms with Crippen molar-refractivity contribution in [2.75, 3.05) is 12.4 Å². The monoisotopic (exact) mass is 316 g/mol. The Kier molecular flexibility index (Phi) is 3.59. The summed E-state index contributed by atoms with van der Waals surface area (Å²) in [5.41, 5.74) is 3.84. The van der Waals surface area contributed by atoms with E-state index in [4.69, 9.17) is 9.72 Å². The highest BCUT2D eigenvalue weighted by Gasteiger charge is 2.09. The number of hydrogen-bond acceptors (Lipinski definition) is 4. The Morgan fingerprint density at radius 1 is 0.958 bits per heavy atom. The van der Waals surface area contributed by atoms with Gasteiger partial charge in [-0.05, 0) is 35.9 Å². The van der Waals surface area contributed by atoms with Crippen LogP contribution < -0.4 is 10.1 Å². The number of hydrogen-bond donors (Lipinski definition) is 1. The van der Waals surface area contributed by atoms with E-state index >= 15 is 0 Å². The minimum absolute atomic E-state index is 0.781. The highest BCUT2D eigenvalue weighted by atomic mass is 16.5. The molecule has 1 N–H and O–H groups in total. The third-order valence-corrected chi connectivity index (χ3v) is 3.82. The van der Waals surface area contributed by atoms with Crippen molar-refractivity contribution in [3.8, 4) is 16.9 Å². The smallest absolute Gasteiger partial charge is 0.165 e. The molecule has 0 atom stereocenters. The lowest BCUT2D eigenvalue weighted by molar-refractivity contribution is 0.415. The molecule has 0 radical (unpaired) electrons. The molecule has 0 saturated carbocycles. The summed E-state index contributed by atoms with van der Waals surface area (Å²) < 4.78 is 6.99. The van der Waals surface area contributed by atoms with Crippen LogP contribution in [0.5, 0.6) is 5.75 Å². The predicted octanol–water partition coefficient (Wildman–Crippen LogP) is 4.15. The Morgan fingerprint density at radius 2 is 1.75 bits per heavy atom. The number of anilines is 2. The molecule has 5 nitrogen and oxygen atoms in total. The second-order valence-corrected chi connectivity index (χ2v) is 5.36. The molecular formula is C19H16N4O. The van der Waals surface area contributed by atoms with Gasteiger partial charge in [0.1, 0.15) is 11.6 Å². The molecule has 2 heterocycles. The molecule has 24 heavy (non-hydrogen) atoms. The van der Waals surface area contributed by atoms with Gasteiger partial charge in [0.15, 0.2) is 5.65 Å². The third-order valence-electron chi connectivity index (χ3n) is 3.82. The van der Waals surface area contributed by atoms with E-state index in [0.29, 0.717) is 0 Å². The lowest BCUT2D eigenvalue weighted by Crippen LogP contribution is -1.97. The largest absolute Gasteiger partial charge is 0.497 e. The van der Waals surface area contributed by atoms with Crippen molar-refractivity contribution in [2.24, 2.45) is 0 Å². The van der Waals surface area contributed by atoms with Gasteiger partial charge in [0, 0.05) is 17.4 Å². The number of ether oxygens (including phenoxy) is 1. The summed E-state index contributed by atoms with van der Waals surface area (Å²) in [5, 5.41) is 7.69. The van der Waals surface area contributed by atoms with Gasteiger partial charge in [-0.2, -0.15) is 5.10 Å². The first-order valence-corrected chi connectivity index (χ1v) is 7.64. The normalized spacial score (nSPS) is 10.7. The summed E-state index contributed by atoms with van der Waals surface area (Å²) in [5.74, 6) is 1.61. The zero-order chi connectivity index (χ0) is 16.4. The second-order valence-electron chi connectivity index (χ2n) is 5.36. The van der Waals surface area contributed by atoms with E-state index in [1.165, 1.54) is 0 Å².